The Balaban J connectivity index is 1.42. The summed E-state index contributed by atoms with van der Waals surface area (Å²) in [5, 5.41) is 6.45. The highest BCUT2D eigenvalue weighted by Crippen LogP contribution is 2.16. The molecule has 0 bridgehead atoms. The maximum absolute atomic E-state index is 12.0. The molecule has 1 saturated heterocycles. The Morgan fingerprint density at radius 2 is 2.35 bits per heavy atom. The van der Waals surface area contributed by atoms with Gasteiger partial charge in [0.2, 0.25) is 5.91 Å². The molecule has 124 valence electrons. The summed E-state index contributed by atoms with van der Waals surface area (Å²) in [6, 6.07) is 6.10. The Morgan fingerprint density at radius 3 is 3.13 bits per heavy atom. The molecule has 1 aromatic carbocycles. The third kappa shape index (κ3) is 4.32. The van der Waals surface area contributed by atoms with Crippen LogP contribution < -0.4 is 10.6 Å². The minimum absolute atomic E-state index is 0.117. The van der Waals surface area contributed by atoms with E-state index in [0.29, 0.717) is 18.8 Å². The van der Waals surface area contributed by atoms with Crippen LogP contribution in [0.25, 0.3) is 11.0 Å². The van der Waals surface area contributed by atoms with E-state index in [-0.39, 0.29) is 5.91 Å². The van der Waals surface area contributed by atoms with Gasteiger partial charge < -0.3 is 15.6 Å². The van der Waals surface area contributed by atoms with E-state index in [1.807, 2.05) is 12.1 Å². The monoisotopic (exact) mass is 314 g/mol. The number of hydrogen-bond donors (Lipinski definition) is 3. The Kier molecular flexibility index (Phi) is 5.28. The van der Waals surface area contributed by atoms with Gasteiger partial charge in [0.15, 0.2) is 0 Å². The minimum Gasteiger partial charge on any atom is -0.356 e. The summed E-state index contributed by atoms with van der Waals surface area (Å²) in [5.74, 6) is 1.72. The van der Waals surface area contributed by atoms with E-state index in [2.05, 4.69) is 33.6 Å². The van der Waals surface area contributed by atoms with E-state index in [1.54, 1.807) is 0 Å². The number of amides is 1. The van der Waals surface area contributed by atoms with Crippen molar-refractivity contribution < 1.29 is 4.79 Å². The number of aromatic amines is 1. The Morgan fingerprint density at radius 1 is 1.43 bits per heavy atom. The predicted octanol–water partition coefficient (Wildman–Crippen LogP) is 2.31. The van der Waals surface area contributed by atoms with Crippen LogP contribution in [0.3, 0.4) is 0 Å². The third-order valence-electron chi connectivity index (χ3n) is 4.63. The molecule has 1 aromatic heterocycles. The van der Waals surface area contributed by atoms with Gasteiger partial charge >= 0.3 is 0 Å². The third-order valence-corrected chi connectivity index (χ3v) is 4.63. The molecule has 23 heavy (non-hydrogen) atoms. The van der Waals surface area contributed by atoms with E-state index in [9.17, 15) is 4.79 Å². The zero-order valence-electron chi connectivity index (χ0n) is 13.8. The molecule has 1 fully saturated rings. The summed E-state index contributed by atoms with van der Waals surface area (Å²) < 4.78 is 0. The van der Waals surface area contributed by atoms with Crippen LogP contribution in [-0.4, -0.2) is 35.5 Å². The number of hydrogen-bond acceptors (Lipinski definition) is 3. The molecule has 1 aliphatic rings. The molecule has 5 nitrogen and oxygen atoms in total. The maximum atomic E-state index is 12.0. The summed E-state index contributed by atoms with van der Waals surface area (Å²) in [5.41, 5.74) is 3.22. The molecule has 3 N–H and O–H groups in total. The highest BCUT2D eigenvalue weighted by Gasteiger charge is 2.13. The predicted molar refractivity (Wildman–Crippen MR) is 92.4 cm³/mol. The first kappa shape index (κ1) is 16.0. The number of carbonyl (C=O) groups excluding carboxylic acids is 1. The van der Waals surface area contributed by atoms with Crippen molar-refractivity contribution in [3.05, 3.63) is 29.6 Å². The lowest BCUT2D eigenvalue weighted by atomic mass is 9.96. The SMILES string of the molecule is Cc1cccc2[nH]c(CCC(=O)NCCC3CCCNC3)nc12. The Hall–Kier alpha value is -1.88. The number of fused-ring (bicyclic) bond motifs is 1. The zero-order valence-corrected chi connectivity index (χ0v) is 13.8. The second-order valence-corrected chi connectivity index (χ2v) is 6.51. The number of imidazole rings is 1. The van der Waals surface area contributed by atoms with Crippen molar-refractivity contribution in [3.63, 3.8) is 0 Å². The first-order chi connectivity index (χ1) is 11.2. The number of nitrogens with zero attached hydrogens (tertiary/aromatic N) is 1. The molecule has 1 atom stereocenters. The van der Waals surface area contributed by atoms with Crippen LogP contribution in [0.15, 0.2) is 18.2 Å². The van der Waals surface area contributed by atoms with Crippen LogP contribution in [-0.2, 0) is 11.2 Å². The summed E-state index contributed by atoms with van der Waals surface area (Å²) in [4.78, 5) is 19.9. The first-order valence-corrected chi connectivity index (χ1v) is 8.64. The first-order valence-electron chi connectivity index (χ1n) is 8.64. The topological polar surface area (TPSA) is 69.8 Å². The highest BCUT2D eigenvalue weighted by atomic mass is 16.1. The summed E-state index contributed by atoms with van der Waals surface area (Å²) in [7, 11) is 0. The van der Waals surface area contributed by atoms with Gasteiger partial charge in [0.25, 0.3) is 0 Å². The van der Waals surface area contributed by atoms with E-state index in [4.69, 9.17) is 0 Å². The number of rotatable bonds is 6. The molecular weight excluding hydrogens is 288 g/mol. The lowest BCUT2D eigenvalue weighted by molar-refractivity contribution is -0.121. The number of piperidine rings is 1. The average molecular weight is 314 g/mol. The van der Waals surface area contributed by atoms with Crippen LogP contribution in [0.2, 0.25) is 0 Å². The van der Waals surface area contributed by atoms with Crippen molar-refractivity contribution >= 4 is 16.9 Å². The van der Waals surface area contributed by atoms with Crippen molar-refractivity contribution in [2.24, 2.45) is 5.92 Å². The average Bonchev–Trinajstić information content (AvgIpc) is 2.99. The number of para-hydroxylation sites is 1. The molecule has 1 amide bonds. The second-order valence-electron chi connectivity index (χ2n) is 6.51. The summed E-state index contributed by atoms with van der Waals surface area (Å²) >= 11 is 0. The second kappa shape index (κ2) is 7.59. The number of carbonyl (C=O) groups is 1. The van der Waals surface area contributed by atoms with Crippen molar-refractivity contribution in [1.29, 1.82) is 0 Å². The van der Waals surface area contributed by atoms with Gasteiger partial charge in [0.05, 0.1) is 11.0 Å². The van der Waals surface area contributed by atoms with Crippen LogP contribution in [0.5, 0.6) is 0 Å². The standard InChI is InChI=1S/C18H26N4O/c1-13-4-2-6-15-18(13)22-16(21-15)7-8-17(23)20-11-9-14-5-3-10-19-12-14/h2,4,6,14,19H,3,5,7-12H2,1H3,(H,20,23)(H,21,22). The van der Waals surface area contributed by atoms with E-state index >= 15 is 0 Å². The van der Waals surface area contributed by atoms with Gasteiger partial charge in [-0.3, -0.25) is 4.79 Å². The minimum atomic E-state index is 0.117. The van der Waals surface area contributed by atoms with E-state index in [0.717, 1.165) is 48.5 Å². The van der Waals surface area contributed by atoms with Crippen molar-refractivity contribution in [2.75, 3.05) is 19.6 Å². The Bertz CT molecular complexity index is 658. The number of nitrogens with one attached hydrogen (secondary N) is 3. The van der Waals surface area contributed by atoms with E-state index < -0.39 is 0 Å². The smallest absolute Gasteiger partial charge is 0.220 e. The molecule has 0 radical (unpaired) electrons. The summed E-state index contributed by atoms with van der Waals surface area (Å²) in [6.07, 6.45) is 4.75. The lowest BCUT2D eigenvalue weighted by Crippen LogP contribution is -2.33. The molecule has 0 saturated carbocycles. The highest BCUT2D eigenvalue weighted by molar-refractivity contribution is 5.79. The molecule has 0 aliphatic carbocycles. The van der Waals surface area contributed by atoms with Gasteiger partial charge in [-0.2, -0.15) is 0 Å². The van der Waals surface area contributed by atoms with Gasteiger partial charge in [-0.1, -0.05) is 12.1 Å². The Labute approximate surface area is 137 Å². The number of benzene rings is 1. The van der Waals surface area contributed by atoms with E-state index in [1.165, 1.54) is 12.8 Å². The van der Waals surface area contributed by atoms with Crippen LogP contribution >= 0.6 is 0 Å². The number of aromatic nitrogens is 2. The number of aryl methyl sites for hydroxylation is 2. The zero-order chi connectivity index (χ0) is 16.1. The normalized spacial score (nSPS) is 18.2. The molecular formula is C18H26N4O. The van der Waals surface area contributed by atoms with Gasteiger partial charge in [0.1, 0.15) is 5.82 Å². The quantitative estimate of drug-likeness (QED) is 0.766. The molecule has 2 aromatic rings. The maximum Gasteiger partial charge on any atom is 0.220 e. The van der Waals surface area contributed by atoms with Gasteiger partial charge in [-0.15, -0.1) is 0 Å². The van der Waals surface area contributed by atoms with Gasteiger partial charge in [0, 0.05) is 19.4 Å². The fraction of sp³-hybridized carbons (Fsp3) is 0.556. The van der Waals surface area contributed by atoms with Crippen molar-refractivity contribution in [3.8, 4) is 0 Å². The summed E-state index contributed by atoms with van der Waals surface area (Å²) in [6.45, 7) is 5.07. The molecule has 5 heteroatoms. The van der Waals surface area contributed by atoms with Gasteiger partial charge in [-0.25, -0.2) is 4.98 Å². The van der Waals surface area contributed by atoms with Gasteiger partial charge in [-0.05, 0) is 56.8 Å². The molecule has 2 heterocycles. The fourth-order valence-corrected chi connectivity index (χ4v) is 3.25. The lowest BCUT2D eigenvalue weighted by Gasteiger charge is -2.22. The largest absolute Gasteiger partial charge is 0.356 e. The molecule has 1 aliphatic heterocycles. The van der Waals surface area contributed by atoms with Crippen LogP contribution in [0.1, 0.15) is 37.1 Å². The van der Waals surface area contributed by atoms with Crippen LogP contribution in [0.4, 0.5) is 0 Å². The fourth-order valence-electron chi connectivity index (χ4n) is 3.25. The number of H-pyrrole nitrogens is 1. The molecule has 0 spiro atoms. The van der Waals surface area contributed by atoms with Crippen molar-refractivity contribution in [1.82, 2.24) is 20.6 Å². The molecule has 1 unspecified atom stereocenters. The van der Waals surface area contributed by atoms with Crippen molar-refractivity contribution in [2.45, 2.75) is 39.0 Å². The van der Waals surface area contributed by atoms with Crippen LogP contribution in [0, 0.1) is 12.8 Å². The molecule has 3 rings (SSSR count).